The molecule has 4 aromatic carbocycles. The van der Waals surface area contributed by atoms with Gasteiger partial charge in [-0.25, -0.2) is 9.59 Å². The Morgan fingerprint density at radius 2 is 0.926 bits per heavy atom. The summed E-state index contributed by atoms with van der Waals surface area (Å²) in [4.78, 5) is 32.0. The van der Waals surface area contributed by atoms with Crippen molar-refractivity contribution in [1.82, 2.24) is 0 Å². The standard InChI is InChI=1S/C46H50N2O6/c1-45(2,3)37-25-33(31-17-11-29(12-18-31)15-21-41(49)50)23-35(43(37)53)27-47-39-9-7-8-10-40(39)48-28-36-24-34(26-38(44(36)54)46(4,5)6)32-19-13-30(14-20-32)16-22-42(51)52/h11-28,39-40,53-54H,7-10H2,1-6H3,(H,49,50)(H,51,52)/b21-15+,22-16+,47-27?,48-28?/t39-,40-/m1/s1. The van der Waals surface area contributed by atoms with Crippen LogP contribution in [0.1, 0.15) is 101 Å². The zero-order valence-corrected chi connectivity index (χ0v) is 31.9. The lowest BCUT2D eigenvalue weighted by Crippen LogP contribution is -2.27. The van der Waals surface area contributed by atoms with Gasteiger partial charge in [0, 0.05) is 46.8 Å². The quantitative estimate of drug-likeness (QED) is 0.0948. The smallest absolute Gasteiger partial charge is 0.328 e. The maximum Gasteiger partial charge on any atom is 0.328 e. The van der Waals surface area contributed by atoms with Gasteiger partial charge in [-0.15, -0.1) is 0 Å². The molecule has 0 bridgehead atoms. The highest BCUT2D eigenvalue weighted by Gasteiger charge is 2.26. The van der Waals surface area contributed by atoms with Gasteiger partial charge in [0.1, 0.15) is 11.5 Å². The fraction of sp³-hybridized carbons (Fsp3) is 0.304. The number of nitrogens with zero attached hydrogens (tertiary/aromatic N) is 2. The van der Waals surface area contributed by atoms with Crippen LogP contribution in [0.3, 0.4) is 0 Å². The highest BCUT2D eigenvalue weighted by molar-refractivity contribution is 5.90. The van der Waals surface area contributed by atoms with Crippen LogP contribution in [0.25, 0.3) is 34.4 Å². The Labute approximate surface area is 318 Å². The Kier molecular flexibility index (Phi) is 12.1. The summed E-state index contributed by atoms with van der Waals surface area (Å²) in [6, 6.07) is 22.9. The lowest BCUT2D eigenvalue weighted by molar-refractivity contribution is -0.132. The van der Waals surface area contributed by atoms with Gasteiger partial charge in [-0.1, -0.05) is 103 Å². The number of phenolic OH excluding ortho intramolecular Hbond substituents is 2. The number of aliphatic carboxylic acids is 2. The summed E-state index contributed by atoms with van der Waals surface area (Å²) in [6.45, 7) is 12.3. The van der Waals surface area contributed by atoms with Crippen molar-refractivity contribution in [3.63, 3.8) is 0 Å². The highest BCUT2D eigenvalue weighted by Crippen LogP contribution is 2.39. The van der Waals surface area contributed by atoms with Crippen molar-refractivity contribution in [2.24, 2.45) is 9.98 Å². The molecule has 0 spiro atoms. The van der Waals surface area contributed by atoms with Crippen molar-refractivity contribution in [3.8, 4) is 33.8 Å². The minimum absolute atomic E-state index is 0.115. The summed E-state index contributed by atoms with van der Waals surface area (Å²) < 4.78 is 0. The fourth-order valence-corrected chi connectivity index (χ4v) is 6.69. The Balaban J connectivity index is 1.46. The van der Waals surface area contributed by atoms with Gasteiger partial charge in [0.2, 0.25) is 0 Å². The molecule has 0 saturated heterocycles. The molecule has 8 heteroatoms. The van der Waals surface area contributed by atoms with Crippen molar-refractivity contribution >= 4 is 36.5 Å². The molecule has 4 aromatic rings. The van der Waals surface area contributed by atoms with Crippen LogP contribution in [0.2, 0.25) is 0 Å². The highest BCUT2D eigenvalue weighted by atomic mass is 16.4. The number of hydrogen-bond donors (Lipinski definition) is 4. The minimum Gasteiger partial charge on any atom is -0.507 e. The number of carboxylic acids is 2. The SMILES string of the molecule is CC(C)(C)c1cc(-c2ccc(/C=C/C(=O)O)cc2)cc(C=N[C@@H]2CCCC[C@H]2N=Cc2cc(-c3ccc(/C=C/C(=O)O)cc3)cc(C(C)(C)C)c2O)c1O. The molecule has 0 amide bonds. The first-order valence-corrected chi connectivity index (χ1v) is 18.3. The molecule has 1 aliphatic rings. The normalized spacial score (nSPS) is 16.9. The first-order chi connectivity index (χ1) is 25.5. The fourth-order valence-electron chi connectivity index (χ4n) is 6.69. The van der Waals surface area contributed by atoms with Crippen LogP contribution in [0.15, 0.2) is 94.9 Å². The van der Waals surface area contributed by atoms with E-state index in [1.807, 2.05) is 72.8 Å². The molecule has 1 fully saturated rings. The third-order valence-electron chi connectivity index (χ3n) is 9.72. The largest absolute Gasteiger partial charge is 0.507 e. The minimum atomic E-state index is -1.00. The average Bonchev–Trinajstić information content (AvgIpc) is 3.12. The molecule has 54 heavy (non-hydrogen) atoms. The summed E-state index contributed by atoms with van der Waals surface area (Å²) in [5, 5.41) is 40.9. The van der Waals surface area contributed by atoms with Gasteiger partial charge in [-0.05, 0) is 93.5 Å². The van der Waals surface area contributed by atoms with Crippen molar-refractivity contribution in [1.29, 1.82) is 0 Å². The molecule has 0 radical (unpaired) electrons. The summed E-state index contributed by atoms with van der Waals surface area (Å²) in [6.07, 6.45) is 12.6. The number of aromatic hydroxyl groups is 2. The van der Waals surface area contributed by atoms with Crippen LogP contribution in [0.5, 0.6) is 11.5 Å². The lowest BCUT2D eigenvalue weighted by Gasteiger charge is -2.26. The molecule has 2 atom stereocenters. The lowest BCUT2D eigenvalue weighted by atomic mass is 9.83. The molecule has 5 rings (SSSR count). The summed E-state index contributed by atoms with van der Waals surface area (Å²) >= 11 is 0. The van der Waals surface area contributed by atoms with Crippen LogP contribution < -0.4 is 0 Å². The van der Waals surface area contributed by atoms with Gasteiger partial charge in [-0.3, -0.25) is 9.98 Å². The second kappa shape index (κ2) is 16.5. The van der Waals surface area contributed by atoms with E-state index in [1.165, 1.54) is 0 Å². The van der Waals surface area contributed by atoms with E-state index in [4.69, 9.17) is 20.2 Å². The molecule has 1 aliphatic carbocycles. The van der Waals surface area contributed by atoms with Crippen LogP contribution in [0, 0.1) is 0 Å². The van der Waals surface area contributed by atoms with Crippen LogP contribution in [-0.4, -0.2) is 56.9 Å². The molecule has 1 saturated carbocycles. The summed E-state index contributed by atoms with van der Waals surface area (Å²) in [7, 11) is 0. The van der Waals surface area contributed by atoms with Crippen molar-refractivity contribution < 1.29 is 30.0 Å². The van der Waals surface area contributed by atoms with E-state index in [9.17, 15) is 19.8 Å². The Bertz CT molecular complexity index is 1960. The number of carbonyl (C=O) groups is 2. The van der Waals surface area contributed by atoms with E-state index in [-0.39, 0.29) is 34.4 Å². The zero-order valence-electron chi connectivity index (χ0n) is 31.9. The van der Waals surface area contributed by atoms with E-state index in [2.05, 4.69) is 41.5 Å². The van der Waals surface area contributed by atoms with Crippen molar-refractivity contribution in [3.05, 3.63) is 118 Å². The predicted molar refractivity (Wildman–Crippen MR) is 219 cm³/mol. The third-order valence-corrected chi connectivity index (χ3v) is 9.72. The number of aliphatic imine (C=N–C) groups is 2. The zero-order chi connectivity index (χ0) is 39.2. The molecule has 0 aliphatic heterocycles. The van der Waals surface area contributed by atoms with Gasteiger partial charge in [0.25, 0.3) is 0 Å². The van der Waals surface area contributed by atoms with E-state index in [0.29, 0.717) is 11.1 Å². The maximum absolute atomic E-state index is 11.5. The van der Waals surface area contributed by atoms with Gasteiger partial charge in [-0.2, -0.15) is 0 Å². The first-order valence-electron chi connectivity index (χ1n) is 18.3. The average molecular weight is 727 g/mol. The molecular formula is C46H50N2O6. The second-order valence-electron chi connectivity index (χ2n) is 16.0. The van der Waals surface area contributed by atoms with Crippen molar-refractivity contribution in [2.45, 2.75) is 90.1 Å². The van der Waals surface area contributed by atoms with Crippen LogP contribution in [0.4, 0.5) is 0 Å². The molecular weight excluding hydrogens is 677 g/mol. The van der Waals surface area contributed by atoms with E-state index >= 15 is 0 Å². The molecule has 8 nitrogen and oxygen atoms in total. The number of rotatable bonds is 10. The number of hydrogen-bond acceptors (Lipinski definition) is 6. The number of carboxylic acid groups (broad SMARTS) is 2. The van der Waals surface area contributed by atoms with Crippen LogP contribution >= 0.6 is 0 Å². The van der Waals surface area contributed by atoms with Gasteiger partial charge < -0.3 is 20.4 Å². The Hall–Kier alpha value is -5.76. The molecule has 0 heterocycles. The van der Waals surface area contributed by atoms with Crippen molar-refractivity contribution in [2.75, 3.05) is 0 Å². The molecule has 0 aromatic heterocycles. The van der Waals surface area contributed by atoms with Gasteiger partial charge in [0.05, 0.1) is 12.1 Å². The van der Waals surface area contributed by atoms with E-state index in [0.717, 1.165) is 82.3 Å². The Morgan fingerprint density at radius 3 is 1.24 bits per heavy atom. The van der Waals surface area contributed by atoms with E-state index < -0.39 is 11.9 Å². The first kappa shape index (κ1) is 39.4. The summed E-state index contributed by atoms with van der Waals surface area (Å²) in [5.74, 6) is -1.63. The molecule has 4 N–H and O–H groups in total. The number of benzene rings is 4. The topological polar surface area (TPSA) is 140 Å². The second-order valence-corrected chi connectivity index (χ2v) is 16.0. The van der Waals surface area contributed by atoms with Gasteiger partial charge in [0.15, 0.2) is 0 Å². The monoisotopic (exact) mass is 726 g/mol. The molecule has 280 valence electrons. The van der Waals surface area contributed by atoms with Crippen LogP contribution in [-0.2, 0) is 20.4 Å². The number of phenols is 2. The summed E-state index contributed by atoms with van der Waals surface area (Å²) in [5.41, 5.74) is 7.40. The predicted octanol–water partition coefficient (Wildman–Crippen LogP) is 10.1. The molecule has 0 unspecified atom stereocenters. The third kappa shape index (κ3) is 10.0. The van der Waals surface area contributed by atoms with Gasteiger partial charge >= 0.3 is 11.9 Å². The maximum atomic E-state index is 11.5. The Morgan fingerprint density at radius 1 is 0.574 bits per heavy atom. The van der Waals surface area contributed by atoms with E-state index in [1.54, 1.807) is 24.6 Å².